The standard InChI is InChI=1S/C28H47N5O7.C3H8.C2H6S/c1-9-11-13-18(21(35)24(37)29-15-10-2)31-23(36)19-14-12-16-33(19)25(38)22(27(3,4)5)32-26(39)30-17-20(34)40-28(6,7)8;1-3-2;1-2-3/h10,18-19,22H,2,9,11-17H2,1,3-8H3,(H,29,37)(H,31,36)(H2,30,32,39);3H2,1-2H3;3H,2H2,1H3. The second-order valence-electron chi connectivity index (χ2n) is 13.0. The second-order valence-corrected chi connectivity index (χ2v) is 13.6. The topological polar surface area (TPSA) is 163 Å². The van der Waals surface area contributed by atoms with Gasteiger partial charge >= 0.3 is 12.0 Å². The molecule has 0 radical (unpaired) electrons. The summed E-state index contributed by atoms with van der Waals surface area (Å²) in [6.45, 7) is 22.2. The first-order chi connectivity index (χ1) is 21.3. The van der Waals surface area contributed by atoms with Gasteiger partial charge < -0.3 is 30.9 Å². The molecule has 1 aliphatic heterocycles. The zero-order valence-electron chi connectivity index (χ0n) is 29.8. The number of carbonyl (C=O) groups excluding carboxylic acids is 6. The molecule has 1 saturated heterocycles. The Balaban J connectivity index is 0. The number of nitrogens with zero attached hydrogens (tertiary/aromatic N) is 1. The van der Waals surface area contributed by atoms with Crippen molar-refractivity contribution in [1.82, 2.24) is 26.2 Å². The van der Waals surface area contributed by atoms with Crippen LogP contribution in [0, 0.1) is 5.41 Å². The van der Waals surface area contributed by atoms with E-state index in [4.69, 9.17) is 4.74 Å². The van der Waals surface area contributed by atoms with E-state index in [2.05, 4.69) is 54.3 Å². The van der Waals surface area contributed by atoms with Crippen LogP contribution in [-0.4, -0.2) is 89.5 Å². The molecule has 1 fully saturated rings. The summed E-state index contributed by atoms with van der Waals surface area (Å²) in [6, 6.07) is -3.63. The number of unbranched alkanes of at least 4 members (excludes halogenated alkanes) is 1. The normalized spacial score (nSPS) is 15.4. The van der Waals surface area contributed by atoms with Gasteiger partial charge in [-0.3, -0.25) is 24.0 Å². The molecule has 266 valence electrons. The molecule has 0 aromatic rings. The Labute approximate surface area is 282 Å². The van der Waals surface area contributed by atoms with Gasteiger partial charge in [-0.15, -0.1) is 6.58 Å². The first-order valence-electron chi connectivity index (χ1n) is 16.3. The number of likely N-dealkylation sites (tertiary alicyclic amines) is 1. The first-order valence-corrected chi connectivity index (χ1v) is 16.9. The monoisotopic (exact) mass is 671 g/mol. The van der Waals surface area contributed by atoms with Gasteiger partial charge in [-0.05, 0) is 51.2 Å². The van der Waals surface area contributed by atoms with E-state index in [-0.39, 0.29) is 26.1 Å². The molecule has 3 unspecified atom stereocenters. The van der Waals surface area contributed by atoms with Crippen LogP contribution in [0.1, 0.15) is 108 Å². The van der Waals surface area contributed by atoms with Crippen LogP contribution in [0.4, 0.5) is 4.79 Å². The third-order valence-corrected chi connectivity index (χ3v) is 6.15. The number of thiol groups is 1. The molecule has 0 saturated carbocycles. The Bertz CT molecular complexity index is 990. The van der Waals surface area contributed by atoms with Crippen LogP contribution >= 0.6 is 12.6 Å². The third kappa shape index (κ3) is 18.8. The predicted molar refractivity (Wildman–Crippen MR) is 186 cm³/mol. The van der Waals surface area contributed by atoms with Crippen LogP contribution in [0.5, 0.6) is 0 Å². The van der Waals surface area contributed by atoms with Crippen molar-refractivity contribution in [2.75, 3.05) is 25.4 Å². The SMILES string of the molecule is C=CCNC(=O)C(=O)C(CCCC)NC(=O)C1CCCN1C(=O)C(NC(=O)NCC(=O)OC(C)(C)C)C(C)(C)C.CCC.CCS. The van der Waals surface area contributed by atoms with Gasteiger partial charge in [0.05, 0.1) is 6.04 Å². The minimum atomic E-state index is -1.02. The Morgan fingerprint density at radius 3 is 2.02 bits per heavy atom. The van der Waals surface area contributed by atoms with Gasteiger partial charge in [-0.25, -0.2) is 4.79 Å². The first kappa shape index (κ1) is 45.0. The summed E-state index contributed by atoms with van der Waals surface area (Å²) in [5.41, 5.74) is -1.44. The molecular formula is C33H61N5O7S. The van der Waals surface area contributed by atoms with Gasteiger partial charge in [0.25, 0.3) is 5.91 Å². The van der Waals surface area contributed by atoms with Crippen LogP contribution in [0.3, 0.4) is 0 Å². The molecule has 0 aromatic carbocycles. The van der Waals surface area contributed by atoms with Gasteiger partial charge in [0.15, 0.2) is 0 Å². The fraction of sp³-hybridized carbons (Fsp3) is 0.758. The minimum Gasteiger partial charge on any atom is -0.459 e. The number of esters is 1. The van der Waals surface area contributed by atoms with E-state index in [0.717, 1.165) is 12.2 Å². The number of urea groups is 1. The highest BCUT2D eigenvalue weighted by molar-refractivity contribution is 7.80. The minimum absolute atomic E-state index is 0.121. The molecular weight excluding hydrogens is 610 g/mol. The fourth-order valence-electron chi connectivity index (χ4n) is 4.18. The summed E-state index contributed by atoms with van der Waals surface area (Å²) >= 11 is 3.79. The van der Waals surface area contributed by atoms with Crippen molar-refractivity contribution in [3.8, 4) is 0 Å². The van der Waals surface area contributed by atoms with Crippen molar-refractivity contribution >= 4 is 48.1 Å². The van der Waals surface area contributed by atoms with Crippen LogP contribution in [0.2, 0.25) is 0 Å². The number of hydrogen-bond acceptors (Lipinski definition) is 8. The van der Waals surface area contributed by atoms with Gasteiger partial charge in [0.2, 0.25) is 17.6 Å². The Kier molecular flexibility index (Phi) is 22.8. The average molecular weight is 672 g/mol. The van der Waals surface area contributed by atoms with Crippen molar-refractivity contribution in [1.29, 1.82) is 0 Å². The van der Waals surface area contributed by atoms with Crippen LogP contribution < -0.4 is 21.3 Å². The molecule has 12 nitrogen and oxygen atoms in total. The zero-order valence-corrected chi connectivity index (χ0v) is 30.7. The molecule has 5 amide bonds. The average Bonchev–Trinajstić information content (AvgIpc) is 3.44. The van der Waals surface area contributed by atoms with Crippen molar-refractivity contribution in [3.05, 3.63) is 12.7 Å². The highest BCUT2D eigenvalue weighted by Crippen LogP contribution is 2.26. The van der Waals surface area contributed by atoms with Gasteiger partial charge in [-0.1, -0.05) is 73.8 Å². The molecule has 0 bridgehead atoms. The zero-order chi connectivity index (χ0) is 36.1. The molecule has 3 atom stereocenters. The summed E-state index contributed by atoms with van der Waals surface area (Å²) in [6.07, 6.45) is 5.29. The molecule has 1 rings (SSSR count). The summed E-state index contributed by atoms with van der Waals surface area (Å²) in [5, 5.41) is 10.2. The molecule has 1 heterocycles. The number of ether oxygens (including phenoxy) is 1. The van der Waals surface area contributed by atoms with E-state index in [9.17, 15) is 28.8 Å². The molecule has 46 heavy (non-hydrogen) atoms. The number of amides is 5. The molecule has 4 N–H and O–H groups in total. The number of rotatable bonds is 13. The lowest BCUT2D eigenvalue weighted by Gasteiger charge is -2.35. The number of hydrogen-bond donors (Lipinski definition) is 5. The lowest BCUT2D eigenvalue weighted by Crippen LogP contribution is -2.60. The van der Waals surface area contributed by atoms with E-state index in [1.165, 1.54) is 17.4 Å². The number of ketones is 1. The predicted octanol–water partition coefficient (Wildman–Crippen LogP) is 3.93. The maximum atomic E-state index is 13.7. The van der Waals surface area contributed by atoms with E-state index < -0.39 is 64.6 Å². The Hall–Kier alpha value is -3.09. The Morgan fingerprint density at radius 1 is 0.978 bits per heavy atom. The molecule has 0 spiro atoms. The smallest absolute Gasteiger partial charge is 0.325 e. The van der Waals surface area contributed by atoms with E-state index in [1.54, 1.807) is 41.5 Å². The van der Waals surface area contributed by atoms with E-state index in [0.29, 0.717) is 19.3 Å². The maximum absolute atomic E-state index is 13.7. The largest absolute Gasteiger partial charge is 0.459 e. The third-order valence-electron chi connectivity index (χ3n) is 6.15. The molecule has 13 heteroatoms. The number of Topliss-reactive ketones (excluding diaryl/α,β-unsaturated/α-hetero) is 1. The molecule has 1 aliphatic rings. The van der Waals surface area contributed by atoms with Crippen molar-refractivity contribution in [2.24, 2.45) is 5.41 Å². The van der Waals surface area contributed by atoms with E-state index >= 15 is 0 Å². The van der Waals surface area contributed by atoms with Crippen molar-refractivity contribution in [2.45, 2.75) is 131 Å². The Morgan fingerprint density at radius 2 is 1.54 bits per heavy atom. The van der Waals surface area contributed by atoms with Crippen LogP contribution in [0.25, 0.3) is 0 Å². The number of nitrogens with one attached hydrogen (secondary N) is 4. The summed E-state index contributed by atoms with van der Waals surface area (Å²) in [5.74, 6) is -2.23. The molecule has 0 aromatic heterocycles. The van der Waals surface area contributed by atoms with Gasteiger partial charge in [-0.2, -0.15) is 12.6 Å². The lowest BCUT2D eigenvalue weighted by atomic mass is 9.85. The summed E-state index contributed by atoms with van der Waals surface area (Å²) in [4.78, 5) is 77.9. The lowest BCUT2D eigenvalue weighted by molar-refractivity contribution is -0.153. The fourth-order valence-corrected chi connectivity index (χ4v) is 4.18. The summed E-state index contributed by atoms with van der Waals surface area (Å²) in [7, 11) is 0. The van der Waals surface area contributed by atoms with Gasteiger partial charge in [0, 0.05) is 13.1 Å². The van der Waals surface area contributed by atoms with Gasteiger partial charge in [0.1, 0.15) is 24.2 Å². The van der Waals surface area contributed by atoms with Crippen molar-refractivity contribution < 1.29 is 33.5 Å². The quantitative estimate of drug-likeness (QED) is 0.0858. The highest BCUT2D eigenvalue weighted by atomic mass is 32.1. The summed E-state index contributed by atoms with van der Waals surface area (Å²) < 4.78 is 5.18. The van der Waals surface area contributed by atoms with E-state index in [1.807, 2.05) is 13.8 Å². The van der Waals surface area contributed by atoms with Crippen LogP contribution in [0.15, 0.2) is 12.7 Å². The maximum Gasteiger partial charge on any atom is 0.325 e. The van der Waals surface area contributed by atoms with Crippen LogP contribution in [-0.2, 0) is 28.7 Å². The second kappa shape index (κ2) is 23.3. The van der Waals surface area contributed by atoms with Crippen molar-refractivity contribution in [3.63, 3.8) is 0 Å². The highest BCUT2D eigenvalue weighted by Gasteiger charge is 2.42. The number of carbonyl (C=O) groups is 6. The molecule has 0 aliphatic carbocycles.